The van der Waals surface area contributed by atoms with E-state index in [-0.39, 0.29) is 11.9 Å². The maximum atomic E-state index is 11.4. The van der Waals surface area contributed by atoms with Gasteiger partial charge in [-0.2, -0.15) is 0 Å². The van der Waals surface area contributed by atoms with Crippen molar-refractivity contribution < 1.29 is 14.3 Å². The van der Waals surface area contributed by atoms with E-state index in [1.54, 1.807) is 20.1 Å². The number of carbonyl (C=O) groups is 1. The van der Waals surface area contributed by atoms with Gasteiger partial charge in [0.25, 0.3) is 0 Å². The number of methoxy groups -OCH3 is 1. The highest BCUT2D eigenvalue weighted by Crippen LogP contribution is 2.23. The summed E-state index contributed by atoms with van der Waals surface area (Å²) < 4.78 is 10.0. The van der Waals surface area contributed by atoms with Crippen LogP contribution in [0.3, 0.4) is 0 Å². The van der Waals surface area contributed by atoms with Crippen molar-refractivity contribution in [2.24, 2.45) is 0 Å². The van der Waals surface area contributed by atoms with E-state index in [0.29, 0.717) is 13.0 Å². The molecule has 1 atom stereocenters. The number of carbonyl (C=O) groups excluding carboxylic acids is 1. The van der Waals surface area contributed by atoms with Crippen LogP contribution in [0.15, 0.2) is 36.9 Å². The van der Waals surface area contributed by atoms with E-state index in [4.69, 9.17) is 9.47 Å². The first kappa shape index (κ1) is 13.3. The molecule has 3 nitrogen and oxygen atoms in total. The van der Waals surface area contributed by atoms with E-state index in [1.807, 2.05) is 24.3 Å². The number of ether oxygens (including phenoxy) is 2. The van der Waals surface area contributed by atoms with E-state index in [9.17, 15) is 4.79 Å². The van der Waals surface area contributed by atoms with Crippen molar-refractivity contribution in [2.45, 2.75) is 19.3 Å². The molecule has 0 bridgehead atoms. The predicted octanol–water partition coefficient (Wildman–Crippen LogP) is 2.92. The maximum absolute atomic E-state index is 11.4. The second-order valence-corrected chi connectivity index (χ2v) is 3.62. The van der Waals surface area contributed by atoms with Crippen LogP contribution in [0, 0.1) is 0 Å². The third kappa shape index (κ3) is 3.94. The molecule has 0 aliphatic heterocycles. The summed E-state index contributed by atoms with van der Waals surface area (Å²) in [6, 6.07) is 7.61. The third-order valence-corrected chi connectivity index (χ3v) is 2.52. The van der Waals surface area contributed by atoms with Crippen LogP contribution in [0.5, 0.6) is 5.75 Å². The van der Waals surface area contributed by atoms with Crippen LogP contribution in [-0.4, -0.2) is 19.7 Å². The monoisotopic (exact) mass is 234 g/mol. The Morgan fingerprint density at radius 3 is 2.53 bits per heavy atom. The van der Waals surface area contributed by atoms with Crippen LogP contribution >= 0.6 is 0 Å². The van der Waals surface area contributed by atoms with Gasteiger partial charge in [0, 0.05) is 5.92 Å². The molecule has 0 heterocycles. The van der Waals surface area contributed by atoms with Gasteiger partial charge in [-0.05, 0) is 24.6 Å². The Morgan fingerprint density at radius 1 is 1.41 bits per heavy atom. The minimum atomic E-state index is -0.201. The van der Waals surface area contributed by atoms with Crippen LogP contribution in [0.2, 0.25) is 0 Å². The van der Waals surface area contributed by atoms with Crippen molar-refractivity contribution in [1.29, 1.82) is 0 Å². The van der Waals surface area contributed by atoms with Crippen LogP contribution in [0.25, 0.3) is 0 Å². The summed E-state index contributed by atoms with van der Waals surface area (Å²) in [5.74, 6) is 0.584. The van der Waals surface area contributed by atoms with Crippen molar-refractivity contribution in [3.05, 3.63) is 42.5 Å². The second kappa shape index (κ2) is 6.74. The number of hydrogen-bond acceptors (Lipinski definition) is 3. The molecule has 0 saturated carbocycles. The first-order chi connectivity index (χ1) is 8.21. The Balaban J connectivity index is 2.72. The lowest BCUT2D eigenvalue weighted by molar-refractivity contribution is -0.143. The Kier molecular flexibility index (Phi) is 5.27. The smallest absolute Gasteiger partial charge is 0.306 e. The molecule has 0 amide bonds. The summed E-state index contributed by atoms with van der Waals surface area (Å²) in [6.45, 7) is 5.96. The fraction of sp³-hybridized carbons (Fsp3) is 0.357. The molecule has 0 spiro atoms. The van der Waals surface area contributed by atoms with E-state index >= 15 is 0 Å². The fourth-order valence-electron chi connectivity index (χ4n) is 1.59. The minimum Gasteiger partial charge on any atom is -0.497 e. The van der Waals surface area contributed by atoms with E-state index in [0.717, 1.165) is 11.3 Å². The van der Waals surface area contributed by atoms with Gasteiger partial charge in [-0.3, -0.25) is 4.79 Å². The summed E-state index contributed by atoms with van der Waals surface area (Å²) in [4.78, 5) is 11.4. The summed E-state index contributed by atoms with van der Waals surface area (Å²) in [5.41, 5.74) is 1.04. The summed E-state index contributed by atoms with van der Waals surface area (Å²) in [7, 11) is 1.62. The Hall–Kier alpha value is -1.77. The van der Waals surface area contributed by atoms with Crippen LogP contribution < -0.4 is 4.74 Å². The lowest BCUT2D eigenvalue weighted by Gasteiger charge is -2.12. The molecular formula is C14H18O3. The SMILES string of the molecule is C=C[C@H](CC(=O)OCC)c1ccc(OC)cc1. The molecule has 0 aliphatic carbocycles. The highest BCUT2D eigenvalue weighted by Gasteiger charge is 2.13. The van der Waals surface area contributed by atoms with Gasteiger partial charge in [0.2, 0.25) is 0 Å². The van der Waals surface area contributed by atoms with Gasteiger partial charge < -0.3 is 9.47 Å². The van der Waals surface area contributed by atoms with Gasteiger partial charge >= 0.3 is 5.97 Å². The minimum absolute atomic E-state index is 0.0139. The third-order valence-electron chi connectivity index (χ3n) is 2.52. The predicted molar refractivity (Wildman–Crippen MR) is 67.2 cm³/mol. The molecule has 0 aliphatic rings. The van der Waals surface area contributed by atoms with E-state index in [1.165, 1.54) is 0 Å². The fourth-order valence-corrected chi connectivity index (χ4v) is 1.59. The number of hydrogen-bond donors (Lipinski definition) is 0. The zero-order chi connectivity index (χ0) is 12.7. The molecule has 0 unspecified atom stereocenters. The topological polar surface area (TPSA) is 35.5 Å². The molecule has 0 saturated heterocycles. The first-order valence-electron chi connectivity index (χ1n) is 5.63. The molecular weight excluding hydrogens is 216 g/mol. The van der Waals surface area contributed by atoms with Gasteiger partial charge in [0.15, 0.2) is 0 Å². The van der Waals surface area contributed by atoms with Crippen LogP contribution in [0.1, 0.15) is 24.8 Å². The first-order valence-corrected chi connectivity index (χ1v) is 5.63. The Bertz CT molecular complexity index is 368. The number of rotatable bonds is 6. The van der Waals surface area contributed by atoms with Gasteiger partial charge in [-0.25, -0.2) is 0 Å². The van der Waals surface area contributed by atoms with E-state index in [2.05, 4.69) is 6.58 Å². The highest BCUT2D eigenvalue weighted by atomic mass is 16.5. The van der Waals surface area contributed by atoms with Crippen molar-refractivity contribution >= 4 is 5.97 Å². The molecule has 1 aromatic rings. The van der Waals surface area contributed by atoms with Crippen molar-refractivity contribution in [3.63, 3.8) is 0 Å². The van der Waals surface area contributed by atoms with Crippen molar-refractivity contribution in [2.75, 3.05) is 13.7 Å². The normalized spacial score (nSPS) is 11.6. The number of benzene rings is 1. The van der Waals surface area contributed by atoms with Crippen LogP contribution in [-0.2, 0) is 9.53 Å². The lowest BCUT2D eigenvalue weighted by Crippen LogP contribution is -2.08. The molecule has 92 valence electrons. The molecule has 3 heteroatoms. The highest BCUT2D eigenvalue weighted by molar-refractivity contribution is 5.71. The molecule has 1 rings (SSSR count). The van der Waals surface area contributed by atoms with Gasteiger partial charge in [-0.15, -0.1) is 6.58 Å². The second-order valence-electron chi connectivity index (χ2n) is 3.62. The molecule has 0 N–H and O–H groups in total. The zero-order valence-corrected chi connectivity index (χ0v) is 10.3. The summed E-state index contributed by atoms with van der Waals surface area (Å²) >= 11 is 0. The van der Waals surface area contributed by atoms with Gasteiger partial charge in [-0.1, -0.05) is 18.2 Å². The average Bonchev–Trinajstić information content (AvgIpc) is 2.36. The van der Waals surface area contributed by atoms with Crippen LogP contribution in [0.4, 0.5) is 0 Å². The Morgan fingerprint density at radius 2 is 2.06 bits per heavy atom. The molecule has 0 fully saturated rings. The summed E-state index contributed by atoms with van der Waals surface area (Å²) in [5, 5.41) is 0. The maximum Gasteiger partial charge on any atom is 0.306 e. The molecule has 0 aromatic heterocycles. The standard InChI is InChI=1S/C14H18O3/c1-4-11(10-14(15)17-5-2)12-6-8-13(16-3)9-7-12/h4,6-9,11H,1,5,10H2,2-3H3/t11-/m1/s1. The number of allylic oxidation sites excluding steroid dienone is 1. The average molecular weight is 234 g/mol. The van der Waals surface area contributed by atoms with Gasteiger partial charge in [0.1, 0.15) is 5.75 Å². The molecule has 17 heavy (non-hydrogen) atoms. The van der Waals surface area contributed by atoms with Crippen molar-refractivity contribution in [3.8, 4) is 5.75 Å². The van der Waals surface area contributed by atoms with Crippen molar-refractivity contribution in [1.82, 2.24) is 0 Å². The largest absolute Gasteiger partial charge is 0.497 e. The lowest BCUT2D eigenvalue weighted by atomic mass is 9.96. The molecule has 1 aromatic carbocycles. The molecule has 0 radical (unpaired) electrons. The van der Waals surface area contributed by atoms with Gasteiger partial charge in [0.05, 0.1) is 20.1 Å². The zero-order valence-electron chi connectivity index (χ0n) is 10.3. The summed E-state index contributed by atoms with van der Waals surface area (Å²) in [6.07, 6.45) is 2.09. The van der Waals surface area contributed by atoms with E-state index < -0.39 is 0 Å². The Labute approximate surface area is 102 Å². The quantitative estimate of drug-likeness (QED) is 0.561. The number of esters is 1.